The standard InChI is InChI=1S/C12H17ClN2O/c1-3-15(4-2)12(16)14-9-10-7-5-6-8-11(10)13/h5-8H,3-4,9H2,1-2H3,(H,14,16). The molecule has 0 radical (unpaired) electrons. The maximum absolute atomic E-state index is 11.7. The van der Waals surface area contributed by atoms with Gasteiger partial charge in [-0.2, -0.15) is 0 Å². The fourth-order valence-corrected chi connectivity index (χ4v) is 1.64. The Morgan fingerprint density at radius 1 is 1.31 bits per heavy atom. The largest absolute Gasteiger partial charge is 0.334 e. The highest BCUT2D eigenvalue weighted by Crippen LogP contribution is 2.14. The smallest absolute Gasteiger partial charge is 0.317 e. The van der Waals surface area contributed by atoms with E-state index in [2.05, 4.69) is 5.32 Å². The second-order valence-corrected chi connectivity index (χ2v) is 3.83. The molecule has 0 unspecified atom stereocenters. The molecule has 0 atom stereocenters. The van der Waals surface area contributed by atoms with E-state index in [0.29, 0.717) is 24.7 Å². The van der Waals surface area contributed by atoms with Gasteiger partial charge in [-0.3, -0.25) is 0 Å². The molecule has 1 N–H and O–H groups in total. The van der Waals surface area contributed by atoms with Crippen molar-refractivity contribution >= 4 is 17.6 Å². The molecule has 0 heterocycles. The van der Waals surface area contributed by atoms with Crippen molar-refractivity contribution in [2.24, 2.45) is 0 Å². The van der Waals surface area contributed by atoms with Gasteiger partial charge in [0.25, 0.3) is 0 Å². The van der Waals surface area contributed by atoms with Gasteiger partial charge in [0.1, 0.15) is 0 Å². The SMILES string of the molecule is CCN(CC)C(=O)NCc1ccccc1Cl. The zero-order chi connectivity index (χ0) is 12.0. The molecular formula is C12H17ClN2O. The molecule has 0 aliphatic heterocycles. The predicted octanol–water partition coefficient (Wildman–Crippen LogP) is 2.89. The molecule has 0 fully saturated rings. The minimum absolute atomic E-state index is 0.0510. The van der Waals surface area contributed by atoms with Crippen molar-refractivity contribution in [1.82, 2.24) is 10.2 Å². The van der Waals surface area contributed by atoms with Gasteiger partial charge in [0.2, 0.25) is 0 Å². The molecule has 3 nitrogen and oxygen atoms in total. The Kier molecular flexibility index (Phi) is 5.12. The molecule has 0 saturated carbocycles. The molecule has 0 bridgehead atoms. The Balaban J connectivity index is 2.52. The summed E-state index contributed by atoms with van der Waals surface area (Å²) in [5.74, 6) is 0. The van der Waals surface area contributed by atoms with Crippen molar-refractivity contribution in [3.05, 3.63) is 34.9 Å². The summed E-state index contributed by atoms with van der Waals surface area (Å²) in [6, 6.07) is 7.46. The molecule has 0 aliphatic rings. The first-order valence-corrected chi connectivity index (χ1v) is 5.83. The van der Waals surface area contributed by atoms with Crippen LogP contribution >= 0.6 is 11.6 Å². The predicted molar refractivity (Wildman–Crippen MR) is 66.6 cm³/mol. The molecular weight excluding hydrogens is 224 g/mol. The summed E-state index contributed by atoms with van der Waals surface area (Å²) in [7, 11) is 0. The number of hydrogen-bond donors (Lipinski definition) is 1. The van der Waals surface area contributed by atoms with Crippen LogP contribution in [0.2, 0.25) is 5.02 Å². The molecule has 88 valence electrons. The summed E-state index contributed by atoms with van der Waals surface area (Å²) in [6.07, 6.45) is 0. The number of nitrogens with one attached hydrogen (secondary N) is 1. The topological polar surface area (TPSA) is 32.3 Å². The van der Waals surface area contributed by atoms with E-state index in [1.165, 1.54) is 0 Å². The molecule has 16 heavy (non-hydrogen) atoms. The van der Waals surface area contributed by atoms with Crippen molar-refractivity contribution in [3.8, 4) is 0 Å². The van der Waals surface area contributed by atoms with Crippen LogP contribution in [0.15, 0.2) is 24.3 Å². The lowest BCUT2D eigenvalue weighted by molar-refractivity contribution is 0.203. The van der Waals surface area contributed by atoms with E-state index >= 15 is 0 Å². The second kappa shape index (κ2) is 6.38. The van der Waals surface area contributed by atoms with Crippen LogP contribution in [-0.2, 0) is 6.54 Å². The summed E-state index contributed by atoms with van der Waals surface area (Å²) in [5, 5.41) is 3.53. The molecule has 1 rings (SSSR count). The van der Waals surface area contributed by atoms with Crippen LogP contribution < -0.4 is 5.32 Å². The van der Waals surface area contributed by atoms with Crippen molar-refractivity contribution in [1.29, 1.82) is 0 Å². The van der Waals surface area contributed by atoms with Gasteiger partial charge in [-0.15, -0.1) is 0 Å². The number of rotatable bonds is 4. The molecule has 1 aromatic rings. The average molecular weight is 241 g/mol. The van der Waals surface area contributed by atoms with Crippen molar-refractivity contribution in [3.63, 3.8) is 0 Å². The van der Waals surface area contributed by atoms with Crippen LogP contribution in [0.5, 0.6) is 0 Å². The zero-order valence-electron chi connectivity index (χ0n) is 9.66. The lowest BCUT2D eigenvalue weighted by Crippen LogP contribution is -2.39. The van der Waals surface area contributed by atoms with E-state index in [-0.39, 0.29) is 6.03 Å². The van der Waals surface area contributed by atoms with E-state index in [9.17, 15) is 4.79 Å². The highest BCUT2D eigenvalue weighted by molar-refractivity contribution is 6.31. The molecule has 4 heteroatoms. The third kappa shape index (κ3) is 3.42. The third-order valence-corrected chi connectivity index (χ3v) is 2.81. The van der Waals surface area contributed by atoms with Gasteiger partial charge in [0.05, 0.1) is 0 Å². The summed E-state index contributed by atoms with van der Waals surface area (Å²) < 4.78 is 0. The second-order valence-electron chi connectivity index (χ2n) is 3.42. The number of hydrogen-bond acceptors (Lipinski definition) is 1. The average Bonchev–Trinajstić information content (AvgIpc) is 2.29. The number of carbonyl (C=O) groups is 1. The highest BCUT2D eigenvalue weighted by Gasteiger charge is 2.08. The third-order valence-electron chi connectivity index (χ3n) is 2.44. The lowest BCUT2D eigenvalue weighted by Gasteiger charge is -2.19. The number of halogens is 1. The van der Waals surface area contributed by atoms with Crippen LogP contribution in [0.3, 0.4) is 0 Å². The van der Waals surface area contributed by atoms with Gasteiger partial charge < -0.3 is 10.2 Å². The van der Waals surface area contributed by atoms with Gasteiger partial charge in [0, 0.05) is 24.7 Å². The van der Waals surface area contributed by atoms with Crippen LogP contribution in [-0.4, -0.2) is 24.0 Å². The first kappa shape index (κ1) is 12.8. The quantitative estimate of drug-likeness (QED) is 0.863. The molecule has 2 amide bonds. The van der Waals surface area contributed by atoms with E-state index in [1.807, 2.05) is 38.1 Å². The van der Waals surface area contributed by atoms with E-state index < -0.39 is 0 Å². The number of benzene rings is 1. The maximum atomic E-state index is 11.7. The minimum Gasteiger partial charge on any atom is -0.334 e. The fraction of sp³-hybridized carbons (Fsp3) is 0.417. The molecule has 1 aromatic carbocycles. The Bertz CT molecular complexity index is 351. The zero-order valence-corrected chi connectivity index (χ0v) is 10.4. The molecule has 0 aromatic heterocycles. The van der Waals surface area contributed by atoms with Crippen LogP contribution in [0.25, 0.3) is 0 Å². The van der Waals surface area contributed by atoms with Gasteiger partial charge in [-0.1, -0.05) is 29.8 Å². The molecule has 0 saturated heterocycles. The van der Waals surface area contributed by atoms with Gasteiger partial charge in [-0.05, 0) is 25.5 Å². The van der Waals surface area contributed by atoms with Gasteiger partial charge in [-0.25, -0.2) is 4.79 Å². The first-order chi connectivity index (χ1) is 7.69. The maximum Gasteiger partial charge on any atom is 0.317 e. The van der Waals surface area contributed by atoms with Crippen molar-refractivity contribution < 1.29 is 4.79 Å². The summed E-state index contributed by atoms with van der Waals surface area (Å²) in [5.41, 5.74) is 0.935. The molecule has 0 aliphatic carbocycles. The lowest BCUT2D eigenvalue weighted by atomic mass is 10.2. The van der Waals surface area contributed by atoms with E-state index in [1.54, 1.807) is 4.90 Å². The number of carbonyl (C=O) groups excluding carboxylic acids is 1. The van der Waals surface area contributed by atoms with Gasteiger partial charge in [0.15, 0.2) is 0 Å². The summed E-state index contributed by atoms with van der Waals surface area (Å²) in [4.78, 5) is 13.4. The van der Waals surface area contributed by atoms with Crippen molar-refractivity contribution in [2.45, 2.75) is 20.4 Å². The van der Waals surface area contributed by atoms with E-state index in [4.69, 9.17) is 11.6 Å². The van der Waals surface area contributed by atoms with E-state index in [0.717, 1.165) is 5.56 Å². The molecule has 0 spiro atoms. The number of nitrogens with zero attached hydrogens (tertiary/aromatic N) is 1. The van der Waals surface area contributed by atoms with Crippen molar-refractivity contribution in [2.75, 3.05) is 13.1 Å². The summed E-state index contributed by atoms with van der Waals surface area (Å²) >= 11 is 5.99. The van der Waals surface area contributed by atoms with Crippen LogP contribution in [0, 0.1) is 0 Å². The Morgan fingerprint density at radius 3 is 2.50 bits per heavy atom. The van der Waals surface area contributed by atoms with Gasteiger partial charge >= 0.3 is 6.03 Å². The number of amides is 2. The van der Waals surface area contributed by atoms with Crippen LogP contribution in [0.1, 0.15) is 19.4 Å². The Morgan fingerprint density at radius 2 is 1.94 bits per heavy atom. The fourth-order valence-electron chi connectivity index (χ4n) is 1.44. The Labute approximate surface area is 101 Å². The highest BCUT2D eigenvalue weighted by atomic mass is 35.5. The minimum atomic E-state index is -0.0510. The summed E-state index contributed by atoms with van der Waals surface area (Å²) in [6.45, 7) is 5.81. The first-order valence-electron chi connectivity index (χ1n) is 5.45. The Hall–Kier alpha value is -1.22. The normalized spacial score (nSPS) is 9.94. The monoisotopic (exact) mass is 240 g/mol. The van der Waals surface area contributed by atoms with Crippen LogP contribution in [0.4, 0.5) is 4.79 Å². The number of urea groups is 1.